The predicted molar refractivity (Wildman–Crippen MR) is 144 cm³/mol. The second-order valence-electron chi connectivity index (χ2n) is 9.16. The van der Waals surface area contributed by atoms with E-state index in [4.69, 9.17) is 4.74 Å². The van der Waals surface area contributed by atoms with Crippen molar-refractivity contribution in [3.05, 3.63) is 47.6 Å². The number of ether oxygens (including phenoxy) is 1. The van der Waals surface area contributed by atoms with E-state index in [1.807, 2.05) is 0 Å². The Balaban J connectivity index is 2.37. The van der Waals surface area contributed by atoms with Gasteiger partial charge in [-0.2, -0.15) is 0 Å². The van der Waals surface area contributed by atoms with Crippen molar-refractivity contribution in [3.63, 3.8) is 0 Å². The van der Waals surface area contributed by atoms with Gasteiger partial charge in [0.15, 0.2) is 5.78 Å². The number of carbonyl (C=O) groups excluding carboxylic acids is 1. The van der Waals surface area contributed by atoms with Crippen molar-refractivity contribution in [1.29, 1.82) is 0 Å². The highest BCUT2D eigenvalue weighted by atomic mass is 16.5. The average molecular weight is 487 g/mol. The van der Waals surface area contributed by atoms with Crippen LogP contribution >= 0.6 is 0 Å². The van der Waals surface area contributed by atoms with E-state index in [-0.39, 0.29) is 5.57 Å². The number of aliphatic hydroxyl groups is 1. The maximum Gasteiger partial charge on any atom is 0.339 e. The highest BCUT2D eigenvalue weighted by molar-refractivity contribution is 6.22. The number of unbranched alkanes of at least 4 members (excludes halogenated alkanes) is 12. The first kappa shape index (κ1) is 30.6. The number of benzene rings is 1. The molecule has 0 saturated carbocycles. The maximum atomic E-state index is 12.1. The number of carboxylic acids is 1. The third-order valence-corrected chi connectivity index (χ3v) is 6.32. The molecule has 0 unspecified atom stereocenters. The molecule has 0 aliphatic rings. The molecule has 0 aliphatic heterocycles. The number of methoxy groups -OCH3 is 1. The second kappa shape index (κ2) is 19.9. The summed E-state index contributed by atoms with van der Waals surface area (Å²) in [6.07, 6.45) is 22.0. The lowest BCUT2D eigenvalue weighted by molar-refractivity contribution is -0.135. The van der Waals surface area contributed by atoms with Crippen LogP contribution in [-0.2, 0) is 9.59 Å². The maximum absolute atomic E-state index is 12.1. The minimum absolute atomic E-state index is 0.314. The molecule has 0 aliphatic carbocycles. The smallest absolute Gasteiger partial charge is 0.339 e. The number of hydrogen-bond donors (Lipinski definition) is 2. The van der Waals surface area contributed by atoms with Gasteiger partial charge < -0.3 is 14.9 Å². The van der Waals surface area contributed by atoms with Gasteiger partial charge in [-0.3, -0.25) is 4.79 Å². The molecular formula is C30H46O5. The molecule has 0 atom stereocenters. The summed E-state index contributed by atoms with van der Waals surface area (Å²) in [6.45, 7) is 1.44. The summed E-state index contributed by atoms with van der Waals surface area (Å²) >= 11 is 0. The van der Waals surface area contributed by atoms with E-state index >= 15 is 0 Å². The van der Waals surface area contributed by atoms with Crippen molar-refractivity contribution in [3.8, 4) is 5.75 Å². The fraction of sp³-hybridized carbons (Fsp3) is 0.600. The van der Waals surface area contributed by atoms with Gasteiger partial charge in [0, 0.05) is 0 Å². The second-order valence-corrected chi connectivity index (χ2v) is 9.16. The fourth-order valence-electron chi connectivity index (χ4n) is 4.25. The molecule has 2 N–H and O–H groups in total. The third kappa shape index (κ3) is 13.3. The highest BCUT2D eigenvalue weighted by Crippen LogP contribution is 2.28. The van der Waals surface area contributed by atoms with Crippen molar-refractivity contribution in [2.75, 3.05) is 13.7 Å². The predicted octanol–water partition coefficient (Wildman–Crippen LogP) is 7.52. The van der Waals surface area contributed by atoms with Crippen molar-refractivity contribution >= 4 is 17.3 Å². The molecular weight excluding hydrogens is 440 g/mol. The molecule has 0 saturated heterocycles. The molecule has 5 heteroatoms. The number of ketones is 1. The number of hydrogen-bond acceptors (Lipinski definition) is 4. The zero-order valence-electron chi connectivity index (χ0n) is 21.9. The SMILES string of the molecule is CCCCCCCC/C=C\CCCCCCCCC(=C(C(=O)O)C(=O)CO)c1ccc(OC)cc1. The van der Waals surface area contributed by atoms with Gasteiger partial charge >= 0.3 is 5.97 Å². The van der Waals surface area contributed by atoms with Gasteiger partial charge in [0.2, 0.25) is 0 Å². The molecule has 0 spiro atoms. The summed E-state index contributed by atoms with van der Waals surface area (Å²) in [5.41, 5.74) is 0.845. The molecule has 0 radical (unpaired) electrons. The molecule has 196 valence electrons. The van der Waals surface area contributed by atoms with Gasteiger partial charge in [0.25, 0.3) is 0 Å². The number of Topliss-reactive ketones (excluding diaryl/α,β-unsaturated/α-hetero) is 1. The van der Waals surface area contributed by atoms with E-state index in [0.29, 0.717) is 23.3 Å². The van der Waals surface area contributed by atoms with E-state index in [0.717, 1.165) is 32.1 Å². The molecule has 0 heterocycles. The van der Waals surface area contributed by atoms with Crippen LogP contribution in [0, 0.1) is 0 Å². The monoisotopic (exact) mass is 486 g/mol. The molecule has 35 heavy (non-hydrogen) atoms. The minimum Gasteiger partial charge on any atom is -0.497 e. The lowest BCUT2D eigenvalue weighted by atomic mass is 9.92. The summed E-state index contributed by atoms with van der Waals surface area (Å²) < 4.78 is 5.18. The summed E-state index contributed by atoms with van der Waals surface area (Å²) in [6, 6.07) is 7.03. The Morgan fingerprint density at radius 3 is 1.80 bits per heavy atom. The van der Waals surface area contributed by atoms with Gasteiger partial charge in [-0.15, -0.1) is 0 Å². The minimum atomic E-state index is -1.29. The summed E-state index contributed by atoms with van der Waals surface area (Å²) in [5.74, 6) is -1.39. The van der Waals surface area contributed by atoms with E-state index in [1.165, 1.54) is 57.8 Å². The van der Waals surface area contributed by atoms with E-state index in [1.54, 1.807) is 31.4 Å². The normalized spacial score (nSPS) is 12.1. The van der Waals surface area contributed by atoms with Crippen LogP contribution in [0.2, 0.25) is 0 Å². The average Bonchev–Trinajstić information content (AvgIpc) is 2.87. The first-order chi connectivity index (χ1) is 17.0. The van der Waals surface area contributed by atoms with Gasteiger partial charge in [-0.1, -0.05) is 89.0 Å². The summed E-state index contributed by atoms with van der Waals surface area (Å²) in [5, 5.41) is 18.9. The Morgan fingerprint density at radius 2 is 1.31 bits per heavy atom. The zero-order valence-corrected chi connectivity index (χ0v) is 21.9. The third-order valence-electron chi connectivity index (χ3n) is 6.32. The topological polar surface area (TPSA) is 83.8 Å². The molecule has 1 aromatic carbocycles. The number of aliphatic carboxylic acids is 1. The molecule has 0 bridgehead atoms. The number of carboxylic acid groups (broad SMARTS) is 1. The molecule has 0 fully saturated rings. The van der Waals surface area contributed by atoms with E-state index < -0.39 is 18.4 Å². The quantitative estimate of drug-likeness (QED) is 0.0617. The number of allylic oxidation sites excluding steroid dienone is 3. The Bertz CT molecular complexity index is 776. The van der Waals surface area contributed by atoms with Crippen LogP contribution in [0.25, 0.3) is 5.57 Å². The van der Waals surface area contributed by atoms with Gasteiger partial charge in [-0.05, 0) is 61.8 Å². The Morgan fingerprint density at radius 1 is 0.800 bits per heavy atom. The van der Waals surface area contributed by atoms with Crippen LogP contribution in [0.4, 0.5) is 0 Å². The lowest BCUT2D eigenvalue weighted by Crippen LogP contribution is -2.18. The van der Waals surface area contributed by atoms with Crippen LogP contribution in [0.5, 0.6) is 5.75 Å². The number of rotatable bonds is 21. The first-order valence-electron chi connectivity index (χ1n) is 13.4. The fourth-order valence-corrected chi connectivity index (χ4v) is 4.25. The largest absolute Gasteiger partial charge is 0.497 e. The highest BCUT2D eigenvalue weighted by Gasteiger charge is 2.22. The van der Waals surface area contributed by atoms with Gasteiger partial charge in [0.1, 0.15) is 17.9 Å². The van der Waals surface area contributed by atoms with Gasteiger partial charge in [-0.25, -0.2) is 4.79 Å². The van der Waals surface area contributed by atoms with Crippen molar-refractivity contribution in [1.82, 2.24) is 0 Å². The van der Waals surface area contributed by atoms with Crippen molar-refractivity contribution in [2.24, 2.45) is 0 Å². The standard InChI is InChI=1S/C30H46O5/c1-3-4-5-6-7-8-9-10-11-12-13-14-15-16-17-18-19-27(29(30(33)34)28(32)24-31)25-20-22-26(35-2)23-21-25/h10-11,20-23,31H,3-9,12-19,24H2,1-2H3,(H,33,34)/b11-10-,29-27?. The number of aliphatic hydroxyl groups excluding tert-OH is 1. The van der Waals surface area contributed by atoms with Gasteiger partial charge in [0.05, 0.1) is 7.11 Å². The zero-order chi connectivity index (χ0) is 25.7. The summed E-state index contributed by atoms with van der Waals surface area (Å²) in [4.78, 5) is 23.9. The van der Waals surface area contributed by atoms with Crippen LogP contribution in [-0.4, -0.2) is 35.7 Å². The molecule has 1 rings (SSSR count). The lowest BCUT2D eigenvalue weighted by Gasteiger charge is -2.13. The molecule has 0 amide bonds. The number of carbonyl (C=O) groups is 2. The molecule has 5 nitrogen and oxygen atoms in total. The van der Waals surface area contributed by atoms with E-state index in [9.17, 15) is 19.8 Å². The van der Waals surface area contributed by atoms with Crippen molar-refractivity contribution < 1.29 is 24.5 Å². The Hall–Kier alpha value is -2.40. The first-order valence-corrected chi connectivity index (χ1v) is 13.4. The summed E-state index contributed by atoms with van der Waals surface area (Å²) in [7, 11) is 1.57. The Kier molecular flexibility index (Phi) is 17.4. The van der Waals surface area contributed by atoms with Crippen LogP contribution in [0.1, 0.15) is 109 Å². The molecule has 1 aromatic rings. The Labute approximate surface area is 212 Å². The van der Waals surface area contributed by atoms with Crippen LogP contribution in [0.15, 0.2) is 42.0 Å². The van der Waals surface area contributed by atoms with E-state index in [2.05, 4.69) is 19.1 Å². The van der Waals surface area contributed by atoms with Crippen molar-refractivity contribution in [2.45, 2.75) is 103 Å². The van der Waals surface area contributed by atoms with Crippen LogP contribution in [0.3, 0.4) is 0 Å². The molecule has 0 aromatic heterocycles. The van der Waals surface area contributed by atoms with Crippen LogP contribution < -0.4 is 4.74 Å².